The molecule has 6 heteroatoms. The Balaban J connectivity index is 1.28. The van der Waals surface area contributed by atoms with E-state index in [9.17, 15) is 9.59 Å². The lowest BCUT2D eigenvalue weighted by molar-refractivity contribution is 0.0929. The Morgan fingerprint density at radius 2 is 1.81 bits per heavy atom. The van der Waals surface area contributed by atoms with Crippen LogP contribution in [0.15, 0.2) is 48.5 Å². The van der Waals surface area contributed by atoms with Crippen molar-refractivity contribution in [3.8, 4) is 0 Å². The zero-order valence-corrected chi connectivity index (χ0v) is 21.6. The van der Waals surface area contributed by atoms with Crippen molar-refractivity contribution in [1.82, 2.24) is 10.2 Å². The summed E-state index contributed by atoms with van der Waals surface area (Å²) in [7, 11) is 6.13. The number of amides is 2. The van der Waals surface area contributed by atoms with E-state index in [0.29, 0.717) is 6.04 Å². The minimum atomic E-state index is -0.384. The third-order valence-corrected chi connectivity index (χ3v) is 8.56. The highest BCUT2D eigenvalue weighted by Crippen LogP contribution is 2.50. The molecule has 0 aromatic heterocycles. The number of hydrogen-bond acceptors (Lipinski definition) is 4. The molecule has 2 fully saturated rings. The van der Waals surface area contributed by atoms with Crippen LogP contribution in [0.5, 0.6) is 0 Å². The van der Waals surface area contributed by atoms with Crippen LogP contribution in [0.3, 0.4) is 0 Å². The molecule has 6 rings (SSSR count). The van der Waals surface area contributed by atoms with Crippen molar-refractivity contribution in [2.24, 2.45) is 0 Å². The molecule has 3 aliphatic rings. The van der Waals surface area contributed by atoms with E-state index >= 15 is 0 Å². The zero-order chi connectivity index (χ0) is 25.2. The Morgan fingerprint density at radius 1 is 1.06 bits per heavy atom. The maximum Gasteiger partial charge on any atom is 0.258 e. The van der Waals surface area contributed by atoms with Crippen LogP contribution < -0.4 is 15.1 Å². The van der Waals surface area contributed by atoms with Crippen LogP contribution in [0.25, 0.3) is 10.8 Å². The van der Waals surface area contributed by atoms with E-state index in [-0.39, 0.29) is 17.4 Å². The molecule has 1 N–H and O–H groups in total. The van der Waals surface area contributed by atoms with E-state index in [2.05, 4.69) is 59.5 Å². The lowest BCUT2D eigenvalue weighted by Gasteiger charge is -2.36. The topological polar surface area (TPSA) is 55.9 Å². The Hall–Kier alpha value is -3.38. The molecule has 0 spiro atoms. The van der Waals surface area contributed by atoms with Crippen molar-refractivity contribution in [3.05, 3.63) is 70.8 Å². The molecular formula is C30H34N4O2. The first-order valence-corrected chi connectivity index (χ1v) is 13.0. The maximum atomic E-state index is 13.7. The standard InChI is InChI=1S/C30H34N4O2/c1-19-8-9-21(34-16-12-20(13-17-34)32(2)3)18-24(19)28(35)31-30(14-15-30)25-10-11-26-27-22(25)6-5-7-23(27)29(36)33(26)4/h5-11,18,20H,12-17H2,1-4H3,(H,31,35). The van der Waals surface area contributed by atoms with Crippen LogP contribution in [-0.4, -0.2) is 57.0 Å². The molecule has 2 amide bonds. The molecule has 2 aliphatic heterocycles. The van der Waals surface area contributed by atoms with Crippen LogP contribution >= 0.6 is 0 Å². The normalized spacial score (nSPS) is 18.9. The van der Waals surface area contributed by atoms with E-state index < -0.39 is 0 Å². The van der Waals surface area contributed by atoms with Gasteiger partial charge in [-0.25, -0.2) is 0 Å². The number of hydrogen-bond donors (Lipinski definition) is 1. The molecule has 3 aromatic carbocycles. The number of piperidine rings is 1. The molecule has 36 heavy (non-hydrogen) atoms. The molecule has 1 saturated heterocycles. The van der Waals surface area contributed by atoms with Crippen molar-refractivity contribution >= 4 is 34.0 Å². The number of rotatable bonds is 5. The van der Waals surface area contributed by atoms with Gasteiger partial charge in [0.2, 0.25) is 0 Å². The summed E-state index contributed by atoms with van der Waals surface area (Å²) in [6, 6.07) is 17.0. The Bertz CT molecular complexity index is 1380. The van der Waals surface area contributed by atoms with Crippen molar-refractivity contribution in [1.29, 1.82) is 0 Å². The average molecular weight is 483 g/mol. The summed E-state index contributed by atoms with van der Waals surface area (Å²) in [5.41, 5.74) is 5.27. The number of aryl methyl sites for hydroxylation is 1. The number of nitrogens with one attached hydrogen (secondary N) is 1. The molecule has 186 valence electrons. The van der Waals surface area contributed by atoms with Gasteiger partial charge in [0.25, 0.3) is 11.8 Å². The summed E-state index contributed by atoms with van der Waals surface area (Å²) < 4.78 is 0. The average Bonchev–Trinajstić information content (AvgIpc) is 3.62. The maximum absolute atomic E-state index is 13.7. The van der Waals surface area contributed by atoms with Gasteiger partial charge in [0.05, 0.1) is 11.2 Å². The predicted octanol–water partition coefficient (Wildman–Crippen LogP) is 4.69. The van der Waals surface area contributed by atoms with Gasteiger partial charge in [0.15, 0.2) is 0 Å². The summed E-state index contributed by atoms with van der Waals surface area (Å²) in [5.74, 6) is 0.00941. The Labute approximate surface area is 212 Å². The number of anilines is 2. The number of carbonyl (C=O) groups excluding carboxylic acids is 2. The largest absolute Gasteiger partial charge is 0.371 e. The first-order chi connectivity index (χ1) is 17.3. The van der Waals surface area contributed by atoms with Gasteiger partial charge in [-0.1, -0.05) is 24.3 Å². The van der Waals surface area contributed by atoms with Crippen LogP contribution in [0.2, 0.25) is 0 Å². The quantitative estimate of drug-likeness (QED) is 0.573. The first-order valence-electron chi connectivity index (χ1n) is 13.0. The van der Waals surface area contributed by atoms with Gasteiger partial charge < -0.3 is 20.0 Å². The molecular weight excluding hydrogens is 448 g/mol. The lowest BCUT2D eigenvalue weighted by atomic mass is 9.94. The Kier molecular flexibility index (Phi) is 5.34. The SMILES string of the molecule is Cc1ccc(N2CCC(N(C)C)CC2)cc1C(=O)NC1(c2ccc3c4c(cccc24)C(=O)N3C)CC1. The van der Waals surface area contributed by atoms with Crippen LogP contribution in [0.4, 0.5) is 11.4 Å². The van der Waals surface area contributed by atoms with E-state index in [1.165, 1.54) is 0 Å². The van der Waals surface area contributed by atoms with Gasteiger partial charge in [0, 0.05) is 48.4 Å². The number of carbonyl (C=O) groups is 2. The van der Waals surface area contributed by atoms with E-state index in [1.807, 2.05) is 32.2 Å². The highest BCUT2D eigenvalue weighted by atomic mass is 16.2. The number of benzene rings is 3. The summed E-state index contributed by atoms with van der Waals surface area (Å²) in [6.07, 6.45) is 4.07. The van der Waals surface area contributed by atoms with Gasteiger partial charge in [-0.2, -0.15) is 0 Å². The fourth-order valence-corrected chi connectivity index (χ4v) is 6.12. The molecule has 2 heterocycles. The molecule has 1 saturated carbocycles. The molecule has 0 bridgehead atoms. The van der Waals surface area contributed by atoms with Crippen LogP contribution in [0, 0.1) is 6.92 Å². The second-order valence-electron chi connectivity index (χ2n) is 10.9. The van der Waals surface area contributed by atoms with Crippen molar-refractivity contribution in [3.63, 3.8) is 0 Å². The third-order valence-electron chi connectivity index (χ3n) is 8.56. The fourth-order valence-electron chi connectivity index (χ4n) is 6.12. The summed E-state index contributed by atoms with van der Waals surface area (Å²) in [5, 5.41) is 5.47. The lowest BCUT2D eigenvalue weighted by Crippen LogP contribution is -2.42. The fraction of sp³-hybridized carbons (Fsp3) is 0.400. The van der Waals surface area contributed by atoms with E-state index in [4.69, 9.17) is 0 Å². The summed E-state index contributed by atoms with van der Waals surface area (Å²) >= 11 is 0. The van der Waals surface area contributed by atoms with Gasteiger partial charge in [0.1, 0.15) is 0 Å². The highest BCUT2D eigenvalue weighted by molar-refractivity contribution is 6.25. The second kappa shape index (κ2) is 8.34. The molecule has 0 radical (unpaired) electrons. The van der Waals surface area contributed by atoms with Gasteiger partial charge in [-0.15, -0.1) is 0 Å². The molecule has 1 aliphatic carbocycles. The smallest absolute Gasteiger partial charge is 0.258 e. The predicted molar refractivity (Wildman–Crippen MR) is 145 cm³/mol. The van der Waals surface area contributed by atoms with Gasteiger partial charge >= 0.3 is 0 Å². The minimum absolute atomic E-state index is 0.0218. The molecule has 0 unspecified atom stereocenters. The Morgan fingerprint density at radius 3 is 2.50 bits per heavy atom. The zero-order valence-electron chi connectivity index (χ0n) is 21.6. The monoisotopic (exact) mass is 482 g/mol. The molecule has 3 aromatic rings. The highest BCUT2D eigenvalue weighted by Gasteiger charge is 2.47. The van der Waals surface area contributed by atoms with E-state index in [1.54, 1.807) is 4.90 Å². The van der Waals surface area contributed by atoms with Crippen molar-refractivity contribution < 1.29 is 9.59 Å². The number of nitrogens with zero attached hydrogens (tertiary/aromatic N) is 3. The second-order valence-corrected chi connectivity index (χ2v) is 10.9. The molecule has 6 nitrogen and oxygen atoms in total. The van der Waals surface area contributed by atoms with Crippen molar-refractivity contribution in [2.75, 3.05) is 44.0 Å². The first kappa shape index (κ1) is 23.0. The van der Waals surface area contributed by atoms with E-state index in [0.717, 1.165) is 83.2 Å². The van der Waals surface area contributed by atoms with Crippen LogP contribution in [0.1, 0.15) is 57.5 Å². The minimum Gasteiger partial charge on any atom is -0.371 e. The van der Waals surface area contributed by atoms with Crippen molar-refractivity contribution in [2.45, 2.75) is 44.2 Å². The summed E-state index contributed by atoms with van der Waals surface area (Å²) in [4.78, 5) is 32.8. The van der Waals surface area contributed by atoms with Gasteiger partial charge in [-0.3, -0.25) is 9.59 Å². The van der Waals surface area contributed by atoms with Crippen LogP contribution in [-0.2, 0) is 5.54 Å². The molecule has 0 atom stereocenters. The summed E-state index contributed by atoms with van der Waals surface area (Å²) in [6.45, 7) is 4.02. The third kappa shape index (κ3) is 3.58. The van der Waals surface area contributed by atoms with Gasteiger partial charge in [-0.05, 0) is 87.5 Å².